The minimum atomic E-state index is -0.603. The van der Waals surface area contributed by atoms with Crippen LogP contribution in [0.15, 0.2) is 18.2 Å². The molecule has 0 atom stereocenters. The Hall–Kier alpha value is -2.97. The van der Waals surface area contributed by atoms with Gasteiger partial charge in [0, 0.05) is 38.3 Å². The molecule has 0 saturated carbocycles. The van der Waals surface area contributed by atoms with Crippen LogP contribution >= 0.6 is 0 Å². The molecule has 0 aliphatic carbocycles. The van der Waals surface area contributed by atoms with Gasteiger partial charge >= 0.3 is 6.03 Å². The van der Waals surface area contributed by atoms with Crippen molar-refractivity contribution in [3.63, 3.8) is 0 Å². The number of fused-ring (bicyclic) bond motifs is 1. The summed E-state index contributed by atoms with van der Waals surface area (Å²) >= 11 is 0. The number of carbonyl (C=O) groups excluding carboxylic acids is 3. The Morgan fingerprint density at radius 3 is 2.37 bits per heavy atom. The molecule has 0 bridgehead atoms. The number of carbonyl (C=O) groups is 3. The number of nitrogens with zero attached hydrogens (tertiary/aromatic N) is 3. The summed E-state index contributed by atoms with van der Waals surface area (Å²) in [5.41, 5.74) is -0.00189. The van der Waals surface area contributed by atoms with Gasteiger partial charge in [0.1, 0.15) is 0 Å². The number of imide groups is 1. The first kappa shape index (κ1) is 20.3. The van der Waals surface area contributed by atoms with Gasteiger partial charge in [0.25, 0.3) is 17.5 Å². The third kappa shape index (κ3) is 4.60. The van der Waals surface area contributed by atoms with Crippen molar-refractivity contribution < 1.29 is 19.3 Å². The van der Waals surface area contributed by atoms with Crippen LogP contribution in [0, 0.1) is 10.1 Å². The van der Waals surface area contributed by atoms with Crippen molar-refractivity contribution >= 4 is 23.5 Å². The molecule has 0 unspecified atom stereocenters. The Bertz CT molecular complexity index is 743. The van der Waals surface area contributed by atoms with E-state index in [0.717, 1.165) is 23.8 Å². The first-order valence-corrected chi connectivity index (χ1v) is 9.08. The van der Waals surface area contributed by atoms with Crippen LogP contribution in [0.1, 0.15) is 53.8 Å². The highest BCUT2D eigenvalue weighted by atomic mass is 16.6. The van der Waals surface area contributed by atoms with Crippen molar-refractivity contribution in [2.24, 2.45) is 0 Å². The van der Waals surface area contributed by atoms with Gasteiger partial charge in [-0.1, -0.05) is 13.8 Å². The second-order valence-electron chi connectivity index (χ2n) is 6.32. The summed E-state index contributed by atoms with van der Waals surface area (Å²) in [7, 11) is 0. The Kier molecular flexibility index (Phi) is 6.86. The van der Waals surface area contributed by atoms with Crippen molar-refractivity contribution in [2.45, 2.75) is 33.1 Å². The molecule has 0 spiro atoms. The van der Waals surface area contributed by atoms with Crippen molar-refractivity contribution in [1.29, 1.82) is 0 Å². The molecule has 1 aliphatic heterocycles. The third-order valence-electron chi connectivity index (χ3n) is 4.27. The second kappa shape index (κ2) is 9.11. The Labute approximate surface area is 157 Å². The fourth-order valence-electron chi connectivity index (χ4n) is 2.99. The summed E-state index contributed by atoms with van der Waals surface area (Å²) in [6.07, 6.45) is 2.15. The summed E-state index contributed by atoms with van der Waals surface area (Å²) in [6, 6.07) is 3.49. The van der Waals surface area contributed by atoms with E-state index in [0.29, 0.717) is 26.1 Å². The normalized spacial score (nSPS) is 12.9. The van der Waals surface area contributed by atoms with Gasteiger partial charge in [-0.2, -0.15) is 0 Å². The van der Waals surface area contributed by atoms with Crippen LogP contribution in [-0.2, 0) is 0 Å². The number of amides is 4. The van der Waals surface area contributed by atoms with Crippen LogP contribution in [0.5, 0.6) is 0 Å². The SMILES string of the molecule is CCCN(CCC)C(=O)NCCCN1C(=O)c2ccc([N+](=O)[O-])cc2C1=O. The quantitative estimate of drug-likeness (QED) is 0.308. The van der Waals surface area contributed by atoms with E-state index in [-0.39, 0.29) is 29.4 Å². The molecule has 146 valence electrons. The fraction of sp³-hybridized carbons (Fsp3) is 0.500. The molecule has 1 aromatic rings. The van der Waals surface area contributed by atoms with Gasteiger partial charge < -0.3 is 10.2 Å². The van der Waals surface area contributed by atoms with E-state index >= 15 is 0 Å². The third-order valence-corrected chi connectivity index (χ3v) is 4.27. The molecule has 1 aromatic carbocycles. The van der Waals surface area contributed by atoms with E-state index in [1.165, 1.54) is 12.1 Å². The zero-order chi connectivity index (χ0) is 20.0. The van der Waals surface area contributed by atoms with Crippen LogP contribution in [-0.4, -0.2) is 58.7 Å². The number of non-ortho nitro benzene ring substituents is 1. The van der Waals surface area contributed by atoms with Crippen molar-refractivity contribution in [3.8, 4) is 0 Å². The van der Waals surface area contributed by atoms with Crippen LogP contribution in [0.4, 0.5) is 10.5 Å². The molecule has 9 heteroatoms. The summed E-state index contributed by atoms with van der Waals surface area (Å²) in [5, 5.41) is 13.6. The maximum atomic E-state index is 12.4. The van der Waals surface area contributed by atoms with E-state index in [1.54, 1.807) is 4.90 Å². The highest BCUT2D eigenvalue weighted by molar-refractivity contribution is 6.21. The molecule has 1 N–H and O–H groups in total. The van der Waals surface area contributed by atoms with Gasteiger partial charge in [0.05, 0.1) is 16.1 Å². The number of nitro benzene ring substituents is 1. The molecule has 9 nitrogen and oxygen atoms in total. The van der Waals surface area contributed by atoms with Gasteiger partial charge in [-0.05, 0) is 25.3 Å². The predicted molar refractivity (Wildman–Crippen MR) is 98.6 cm³/mol. The van der Waals surface area contributed by atoms with Crippen molar-refractivity contribution in [3.05, 3.63) is 39.4 Å². The number of benzene rings is 1. The Balaban J connectivity index is 1.90. The minimum absolute atomic E-state index is 0.0512. The highest BCUT2D eigenvalue weighted by Gasteiger charge is 2.36. The van der Waals surface area contributed by atoms with Gasteiger partial charge in [-0.25, -0.2) is 4.79 Å². The van der Waals surface area contributed by atoms with Crippen molar-refractivity contribution in [2.75, 3.05) is 26.2 Å². The van der Waals surface area contributed by atoms with Gasteiger partial charge in [-0.15, -0.1) is 0 Å². The molecular weight excluding hydrogens is 352 g/mol. The van der Waals surface area contributed by atoms with Crippen molar-refractivity contribution in [1.82, 2.24) is 15.1 Å². The maximum Gasteiger partial charge on any atom is 0.317 e. The first-order valence-electron chi connectivity index (χ1n) is 9.08. The fourth-order valence-corrected chi connectivity index (χ4v) is 2.99. The molecule has 0 fully saturated rings. The number of rotatable bonds is 9. The molecule has 0 saturated heterocycles. The number of urea groups is 1. The summed E-state index contributed by atoms with van der Waals surface area (Å²) in [4.78, 5) is 49.9. The molecule has 0 aromatic heterocycles. The average molecular weight is 376 g/mol. The number of hydrogen-bond acceptors (Lipinski definition) is 5. The predicted octanol–water partition coefficient (Wildman–Crippen LogP) is 2.41. The lowest BCUT2D eigenvalue weighted by Gasteiger charge is -2.22. The molecule has 0 radical (unpaired) electrons. The number of nitrogens with one attached hydrogen (secondary N) is 1. The monoisotopic (exact) mass is 376 g/mol. The molecule has 2 rings (SSSR count). The van der Waals surface area contributed by atoms with E-state index < -0.39 is 16.7 Å². The van der Waals surface area contributed by atoms with E-state index in [1.807, 2.05) is 13.8 Å². The minimum Gasteiger partial charge on any atom is -0.338 e. The van der Waals surface area contributed by atoms with Crippen LogP contribution in [0.25, 0.3) is 0 Å². The first-order chi connectivity index (χ1) is 12.9. The maximum absolute atomic E-state index is 12.4. The zero-order valence-electron chi connectivity index (χ0n) is 15.6. The largest absolute Gasteiger partial charge is 0.338 e. The van der Waals surface area contributed by atoms with E-state index in [4.69, 9.17) is 0 Å². The average Bonchev–Trinajstić information content (AvgIpc) is 2.88. The lowest BCUT2D eigenvalue weighted by molar-refractivity contribution is -0.384. The molecular formula is C18H24N4O5. The highest BCUT2D eigenvalue weighted by Crippen LogP contribution is 2.26. The lowest BCUT2D eigenvalue weighted by atomic mass is 10.1. The standard InChI is InChI=1S/C18H24N4O5/c1-3-9-20(10-4-2)18(25)19-8-5-11-21-16(23)14-7-6-13(22(26)27)12-15(14)17(21)24/h6-7,12H,3-5,8-11H2,1-2H3,(H,19,25). The number of hydrogen-bond donors (Lipinski definition) is 1. The van der Waals surface area contributed by atoms with Crippen LogP contribution in [0.2, 0.25) is 0 Å². The second-order valence-corrected chi connectivity index (χ2v) is 6.32. The molecule has 4 amide bonds. The van der Waals surface area contributed by atoms with Gasteiger partial charge in [-0.3, -0.25) is 24.6 Å². The van der Waals surface area contributed by atoms with Gasteiger partial charge in [0.15, 0.2) is 0 Å². The Morgan fingerprint density at radius 1 is 1.15 bits per heavy atom. The topological polar surface area (TPSA) is 113 Å². The van der Waals surface area contributed by atoms with Crippen LogP contribution < -0.4 is 5.32 Å². The van der Waals surface area contributed by atoms with E-state index in [2.05, 4.69) is 5.32 Å². The molecule has 1 heterocycles. The summed E-state index contributed by atoms with van der Waals surface area (Å²) in [5.74, 6) is -1.00. The number of nitro groups is 1. The summed E-state index contributed by atoms with van der Waals surface area (Å²) < 4.78 is 0. The van der Waals surface area contributed by atoms with E-state index in [9.17, 15) is 24.5 Å². The lowest BCUT2D eigenvalue weighted by Crippen LogP contribution is -2.42. The summed E-state index contributed by atoms with van der Waals surface area (Å²) in [6.45, 7) is 5.83. The Morgan fingerprint density at radius 2 is 1.78 bits per heavy atom. The zero-order valence-corrected chi connectivity index (χ0v) is 15.6. The van der Waals surface area contributed by atoms with Crippen LogP contribution in [0.3, 0.4) is 0 Å². The van der Waals surface area contributed by atoms with Gasteiger partial charge in [0.2, 0.25) is 0 Å². The molecule has 1 aliphatic rings. The smallest absolute Gasteiger partial charge is 0.317 e. The molecule has 27 heavy (non-hydrogen) atoms.